The molecule has 0 spiro atoms. The molecular weight excluding hydrogens is 209 g/mol. The Kier molecular flexibility index (Phi) is 4.85. The fraction of sp³-hybridized carbons (Fsp3) is 0.182. The van der Waals surface area contributed by atoms with Gasteiger partial charge in [-0.2, -0.15) is 0 Å². The predicted molar refractivity (Wildman–Crippen MR) is 65.4 cm³/mol. The Morgan fingerprint density at radius 1 is 1.47 bits per heavy atom. The normalized spacial score (nSPS) is 10.3. The van der Waals surface area contributed by atoms with Crippen molar-refractivity contribution in [1.29, 1.82) is 0 Å². The molecule has 4 heteroatoms. The van der Waals surface area contributed by atoms with Crippen LogP contribution in [0.25, 0.3) is 6.08 Å². The van der Waals surface area contributed by atoms with Crippen LogP contribution in [-0.2, 0) is 9.53 Å². The summed E-state index contributed by atoms with van der Waals surface area (Å²) in [6.07, 6.45) is 3.72. The molecule has 1 rings (SSSR count). The van der Waals surface area contributed by atoms with Crippen LogP contribution in [0.5, 0.6) is 0 Å². The number of anilines is 1. The van der Waals surface area contributed by atoms with Gasteiger partial charge in [-0.25, -0.2) is 0 Å². The number of carbonyl (C=O) groups is 1. The zero-order valence-electron chi connectivity index (χ0n) is 8.57. The summed E-state index contributed by atoms with van der Waals surface area (Å²) < 4.78 is 4.77. The van der Waals surface area contributed by atoms with E-state index in [-0.39, 0.29) is 5.97 Å². The lowest BCUT2D eigenvalue weighted by atomic mass is 10.2. The van der Waals surface area contributed by atoms with Crippen LogP contribution in [0.4, 0.5) is 5.69 Å². The van der Waals surface area contributed by atoms with E-state index in [1.54, 1.807) is 0 Å². The van der Waals surface area contributed by atoms with Crippen LogP contribution in [0.3, 0.4) is 0 Å². The van der Waals surface area contributed by atoms with E-state index in [0.29, 0.717) is 6.61 Å². The highest BCUT2D eigenvalue weighted by Gasteiger charge is 1.89. The number of nitrogens with one attached hydrogen (secondary N) is 1. The summed E-state index contributed by atoms with van der Waals surface area (Å²) in [7, 11) is 2.44. The second-order valence-corrected chi connectivity index (χ2v) is 3.26. The zero-order chi connectivity index (χ0) is 11.1. The number of carbonyl (C=O) groups excluding carboxylic acids is 1. The van der Waals surface area contributed by atoms with Gasteiger partial charge in [-0.05, 0) is 33.2 Å². The third kappa shape index (κ3) is 4.61. The van der Waals surface area contributed by atoms with Crippen LogP contribution < -0.4 is 5.09 Å². The Labute approximate surface area is 91.8 Å². The molecule has 80 valence electrons. The molecule has 3 nitrogen and oxygen atoms in total. The first kappa shape index (κ1) is 11.7. The summed E-state index contributed by atoms with van der Waals surface area (Å²) in [5.41, 5.74) is 2.11. The van der Waals surface area contributed by atoms with Crippen LogP contribution in [-0.4, -0.2) is 12.6 Å². The minimum Gasteiger partial charge on any atom is -0.462 e. The molecule has 0 radical (unpaired) electrons. The van der Waals surface area contributed by atoms with Crippen LogP contribution >= 0.6 is 9.39 Å². The fourth-order valence-electron chi connectivity index (χ4n) is 1.04. The van der Waals surface area contributed by atoms with Crippen molar-refractivity contribution in [3.8, 4) is 0 Å². The van der Waals surface area contributed by atoms with E-state index in [9.17, 15) is 4.79 Å². The van der Waals surface area contributed by atoms with Crippen LogP contribution in [0.1, 0.15) is 12.5 Å². The molecule has 0 amide bonds. The zero-order valence-corrected chi connectivity index (χ0v) is 9.72. The highest BCUT2D eigenvalue weighted by atomic mass is 31.0. The van der Waals surface area contributed by atoms with Crippen LogP contribution in [0.2, 0.25) is 0 Å². The molecule has 1 aromatic carbocycles. The van der Waals surface area contributed by atoms with Gasteiger partial charge in [-0.3, -0.25) is 4.79 Å². The summed E-state index contributed by atoms with van der Waals surface area (Å²) in [6.45, 7) is 1.71. The number of ether oxygens (including phenoxy) is 1. The summed E-state index contributed by atoms with van der Waals surface area (Å²) in [4.78, 5) is 10.5. The van der Waals surface area contributed by atoms with E-state index in [0.717, 1.165) is 11.3 Å². The van der Waals surface area contributed by atoms with Gasteiger partial charge < -0.3 is 9.82 Å². The summed E-state index contributed by atoms with van der Waals surface area (Å²) in [6, 6.07) is 7.91. The molecule has 0 aliphatic carbocycles. The SMILES string of the molecule is CC(=O)OC/C=C/c1ccc(NP)cc1. The second kappa shape index (κ2) is 6.20. The summed E-state index contributed by atoms with van der Waals surface area (Å²) >= 11 is 0. The van der Waals surface area contributed by atoms with E-state index in [1.165, 1.54) is 6.92 Å². The van der Waals surface area contributed by atoms with E-state index < -0.39 is 0 Å². The van der Waals surface area contributed by atoms with E-state index >= 15 is 0 Å². The van der Waals surface area contributed by atoms with Gasteiger partial charge in [0, 0.05) is 12.6 Å². The minimum atomic E-state index is -0.262. The van der Waals surface area contributed by atoms with E-state index in [2.05, 4.69) is 14.5 Å². The Balaban J connectivity index is 2.46. The lowest BCUT2D eigenvalue weighted by Crippen LogP contribution is -1.97. The molecular formula is C11H14NO2P. The molecule has 0 saturated carbocycles. The third-order valence-corrected chi connectivity index (χ3v) is 2.10. The topological polar surface area (TPSA) is 38.3 Å². The molecule has 0 aromatic heterocycles. The molecule has 1 aromatic rings. The highest BCUT2D eigenvalue weighted by molar-refractivity contribution is 7.18. The average Bonchev–Trinajstić information content (AvgIpc) is 2.25. The van der Waals surface area contributed by atoms with Crippen molar-refractivity contribution < 1.29 is 9.53 Å². The average molecular weight is 223 g/mol. The molecule has 1 N–H and O–H groups in total. The van der Waals surface area contributed by atoms with Crippen molar-refractivity contribution in [3.63, 3.8) is 0 Å². The van der Waals surface area contributed by atoms with Gasteiger partial charge in [0.05, 0.1) is 0 Å². The third-order valence-electron chi connectivity index (χ3n) is 1.77. The Hall–Kier alpha value is -1.34. The van der Waals surface area contributed by atoms with Crippen molar-refractivity contribution in [2.24, 2.45) is 0 Å². The Bertz CT molecular complexity index is 346. The van der Waals surface area contributed by atoms with Crippen molar-refractivity contribution in [2.75, 3.05) is 11.7 Å². The van der Waals surface area contributed by atoms with Crippen molar-refractivity contribution in [3.05, 3.63) is 35.9 Å². The molecule has 0 aliphatic rings. The molecule has 0 fully saturated rings. The molecule has 1 unspecified atom stereocenters. The monoisotopic (exact) mass is 223 g/mol. The largest absolute Gasteiger partial charge is 0.462 e. The molecule has 0 aliphatic heterocycles. The van der Waals surface area contributed by atoms with Gasteiger partial charge in [0.1, 0.15) is 6.61 Å². The van der Waals surface area contributed by atoms with Crippen LogP contribution in [0, 0.1) is 0 Å². The highest BCUT2D eigenvalue weighted by Crippen LogP contribution is 2.11. The van der Waals surface area contributed by atoms with Crippen LogP contribution in [0.15, 0.2) is 30.3 Å². The van der Waals surface area contributed by atoms with Gasteiger partial charge >= 0.3 is 5.97 Å². The van der Waals surface area contributed by atoms with Crippen molar-refractivity contribution >= 4 is 27.1 Å². The Morgan fingerprint density at radius 2 is 2.13 bits per heavy atom. The second-order valence-electron chi connectivity index (χ2n) is 2.97. The van der Waals surface area contributed by atoms with Gasteiger partial charge in [-0.1, -0.05) is 18.2 Å². The molecule has 15 heavy (non-hydrogen) atoms. The number of esters is 1. The molecule has 0 saturated heterocycles. The van der Waals surface area contributed by atoms with Gasteiger partial charge in [0.2, 0.25) is 0 Å². The smallest absolute Gasteiger partial charge is 0.302 e. The molecule has 0 heterocycles. The number of hydrogen-bond donors (Lipinski definition) is 1. The van der Waals surface area contributed by atoms with E-state index in [4.69, 9.17) is 4.74 Å². The van der Waals surface area contributed by atoms with E-state index in [1.807, 2.05) is 36.4 Å². The maximum absolute atomic E-state index is 10.5. The number of benzene rings is 1. The quantitative estimate of drug-likeness (QED) is 0.629. The molecule has 0 bridgehead atoms. The summed E-state index contributed by atoms with van der Waals surface area (Å²) in [5.74, 6) is -0.262. The summed E-state index contributed by atoms with van der Waals surface area (Å²) in [5, 5.41) is 2.96. The molecule has 1 atom stereocenters. The van der Waals surface area contributed by atoms with Gasteiger partial charge in [-0.15, -0.1) is 0 Å². The number of rotatable bonds is 4. The Morgan fingerprint density at radius 3 is 2.67 bits per heavy atom. The minimum absolute atomic E-state index is 0.262. The number of hydrogen-bond acceptors (Lipinski definition) is 3. The first-order valence-electron chi connectivity index (χ1n) is 4.59. The maximum atomic E-state index is 10.5. The van der Waals surface area contributed by atoms with Crippen molar-refractivity contribution in [1.82, 2.24) is 0 Å². The first-order chi connectivity index (χ1) is 7.22. The lowest BCUT2D eigenvalue weighted by Gasteiger charge is -1.99. The van der Waals surface area contributed by atoms with Gasteiger partial charge in [0.25, 0.3) is 0 Å². The predicted octanol–water partition coefficient (Wildman–Crippen LogP) is 2.46. The van der Waals surface area contributed by atoms with Gasteiger partial charge in [0.15, 0.2) is 0 Å². The fourth-order valence-corrected chi connectivity index (χ4v) is 1.23. The maximum Gasteiger partial charge on any atom is 0.302 e. The standard InChI is InChI=1S/C11H14NO2P/c1-9(13)14-8-2-3-10-4-6-11(12-15)7-5-10/h2-7,12H,8,15H2,1H3/b3-2+. The van der Waals surface area contributed by atoms with Crippen molar-refractivity contribution in [2.45, 2.75) is 6.92 Å². The first-order valence-corrected chi connectivity index (χ1v) is 5.16. The lowest BCUT2D eigenvalue weighted by molar-refractivity contribution is -0.139.